The lowest BCUT2D eigenvalue weighted by Gasteiger charge is -2.20. The van der Waals surface area contributed by atoms with Crippen molar-refractivity contribution in [2.45, 2.75) is 13.3 Å². The predicted molar refractivity (Wildman–Crippen MR) is 78.7 cm³/mol. The lowest BCUT2D eigenvalue weighted by molar-refractivity contribution is -0.384. The fourth-order valence-electron chi connectivity index (χ4n) is 2.14. The molecule has 1 heterocycles. The Hall–Kier alpha value is -2.70. The van der Waals surface area contributed by atoms with E-state index < -0.39 is 10.9 Å². The lowest BCUT2D eigenvalue weighted by atomic mass is 10.1. The molecule has 0 amide bonds. The van der Waals surface area contributed by atoms with Gasteiger partial charge < -0.3 is 10.0 Å². The maximum absolute atomic E-state index is 10.9. The van der Waals surface area contributed by atoms with Gasteiger partial charge in [0.1, 0.15) is 0 Å². The largest absolute Gasteiger partial charge is 0.481 e. The molecular formula is C14H15N3O4. The fraction of sp³-hybridized carbons (Fsp3) is 0.286. The van der Waals surface area contributed by atoms with E-state index in [0.717, 1.165) is 11.4 Å². The fourth-order valence-corrected chi connectivity index (χ4v) is 2.14. The number of anilines is 1. The minimum absolute atomic E-state index is 0.00566. The van der Waals surface area contributed by atoms with E-state index in [1.165, 1.54) is 12.1 Å². The van der Waals surface area contributed by atoms with Crippen LogP contribution in [-0.4, -0.2) is 34.6 Å². The van der Waals surface area contributed by atoms with Gasteiger partial charge in [-0.1, -0.05) is 0 Å². The molecule has 7 heteroatoms. The minimum atomic E-state index is -0.886. The molecule has 0 aliphatic carbocycles. The average molecular weight is 289 g/mol. The van der Waals surface area contributed by atoms with Gasteiger partial charge >= 0.3 is 5.97 Å². The van der Waals surface area contributed by atoms with Crippen molar-refractivity contribution in [2.75, 3.05) is 18.5 Å². The molecule has 0 saturated heterocycles. The van der Waals surface area contributed by atoms with E-state index in [0.29, 0.717) is 17.4 Å². The number of rotatable bonds is 5. The number of carboxylic acid groups (broad SMARTS) is 1. The summed E-state index contributed by atoms with van der Waals surface area (Å²) in [5, 5.41) is 20.3. The summed E-state index contributed by atoms with van der Waals surface area (Å²) >= 11 is 0. The van der Waals surface area contributed by atoms with Crippen LogP contribution in [0.4, 0.5) is 11.4 Å². The molecule has 0 saturated carbocycles. The number of nitrogens with zero attached hydrogens (tertiary/aromatic N) is 3. The van der Waals surface area contributed by atoms with Gasteiger partial charge in [0.05, 0.1) is 16.9 Å². The van der Waals surface area contributed by atoms with Gasteiger partial charge in [-0.05, 0) is 19.1 Å². The molecule has 0 unspecified atom stereocenters. The van der Waals surface area contributed by atoms with Crippen LogP contribution >= 0.6 is 0 Å². The number of carbonyl (C=O) groups is 1. The standard InChI is InChI=1S/C14H15N3O4/c1-9-7-13(16(2)6-5-14(18)19)11-8-10(17(20)21)3-4-12(11)15-9/h3-4,7-8H,5-6H2,1-2H3,(H,18,19). The molecule has 0 bridgehead atoms. The summed E-state index contributed by atoms with van der Waals surface area (Å²) in [4.78, 5) is 27.2. The van der Waals surface area contributed by atoms with Crippen molar-refractivity contribution in [3.05, 3.63) is 40.1 Å². The van der Waals surface area contributed by atoms with Crippen molar-refractivity contribution in [3.8, 4) is 0 Å². The number of hydrogen-bond acceptors (Lipinski definition) is 5. The molecule has 110 valence electrons. The molecule has 0 radical (unpaired) electrons. The number of nitro benzene ring substituents is 1. The van der Waals surface area contributed by atoms with Crippen LogP contribution in [0, 0.1) is 17.0 Å². The number of aromatic nitrogens is 1. The van der Waals surface area contributed by atoms with Crippen LogP contribution in [0.25, 0.3) is 10.9 Å². The van der Waals surface area contributed by atoms with Gasteiger partial charge in [-0.15, -0.1) is 0 Å². The molecule has 21 heavy (non-hydrogen) atoms. The highest BCUT2D eigenvalue weighted by Crippen LogP contribution is 2.29. The number of nitro groups is 1. The first kappa shape index (κ1) is 14.7. The van der Waals surface area contributed by atoms with Gasteiger partial charge in [0.15, 0.2) is 0 Å². The number of non-ortho nitro benzene ring substituents is 1. The average Bonchev–Trinajstić information content (AvgIpc) is 2.43. The quantitative estimate of drug-likeness (QED) is 0.670. The Morgan fingerprint density at radius 1 is 1.43 bits per heavy atom. The van der Waals surface area contributed by atoms with Crippen LogP contribution in [-0.2, 0) is 4.79 Å². The number of carboxylic acids is 1. The van der Waals surface area contributed by atoms with E-state index in [2.05, 4.69) is 4.98 Å². The maximum atomic E-state index is 10.9. The van der Waals surface area contributed by atoms with E-state index in [-0.39, 0.29) is 12.1 Å². The number of fused-ring (bicyclic) bond motifs is 1. The highest BCUT2D eigenvalue weighted by atomic mass is 16.6. The first-order valence-electron chi connectivity index (χ1n) is 6.37. The topological polar surface area (TPSA) is 96.6 Å². The van der Waals surface area contributed by atoms with Gasteiger partial charge in [-0.2, -0.15) is 0 Å². The van der Waals surface area contributed by atoms with E-state index in [1.807, 2.05) is 6.92 Å². The smallest absolute Gasteiger partial charge is 0.305 e. The van der Waals surface area contributed by atoms with Crippen LogP contribution in [0.1, 0.15) is 12.1 Å². The van der Waals surface area contributed by atoms with Gasteiger partial charge in [0.25, 0.3) is 5.69 Å². The molecule has 0 aliphatic heterocycles. The highest BCUT2D eigenvalue weighted by molar-refractivity contribution is 5.93. The first-order chi connectivity index (χ1) is 9.88. The maximum Gasteiger partial charge on any atom is 0.305 e. The molecular weight excluding hydrogens is 274 g/mol. The molecule has 0 atom stereocenters. The van der Waals surface area contributed by atoms with Crippen LogP contribution in [0.3, 0.4) is 0 Å². The SMILES string of the molecule is Cc1cc(N(C)CCC(=O)O)c2cc([N+](=O)[O-])ccc2n1. The van der Waals surface area contributed by atoms with E-state index in [4.69, 9.17) is 5.11 Å². The minimum Gasteiger partial charge on any atom is -0.481 e. The lowest BCUT2D eigenvalue weighted by Crippen LogP contribution is -2.21. The Kier molecular flexibility index (Phi) is 4.02. The van der Waals surface area contributed by atoms with Crippen molar-refractivity contribution in [2.24, 2.45) is 0 Å². The zero-order valence-electron chi connectivity index (χ0n) is 11.7. The van der Waals surface area contributed by atoms with Gasteiger partial charge in [-0.25, -0.2) is 0 Å². The van der Waals surface area contributed by atoms with Crippen LogP contribution in [0.2, 0.25) is 0 Å². The molecule has 0 aliphatic rings. The molecule has 7 nitrogen and oxygen atoms in total. The second kappa shape index (κ2) is 5.74. The Labute approximate surface area is 121 Å². The normalized spacial score (nSPS) is 10.6. The number of pyridine rings is 1. The third-order valence-corrected chi connectivity index (χ3v) is 3.18. The van der Waals surface area contributed by atoms with E-state index >= 15 is 0 Å². The van der Waals surface area contributed by atoms with Crippen LogP contribution in [0.15, 0.2) is 24.3 Å². The number of aliphatic carboxylic acids is 1. The van der Waals surface area contributed by atoms with Crippen molar-refractivity contribution >= 4 is 28.2 Å². The Balaban J connectivity index is 2.51. The van der Waals surface area contributed by atoms with Crippen LogP contribution in [0.5, 0.6) is 0 Å². The van der Waals surface area contributed by atoms with Gasteiger partial charge in [-0.3, -0.25) is 19.9 Å². The second-order valence-electron chi connectivity index (χ2n) is 4.81. The molecule has 1 N–H and O–H groups in total. The summed E-state index contributed by atoms with van der Waals surface area (Å²) in [5.74, 6) is -0.886. The number of benzene rings is 1. The Bertz CT molecular complexity index is 715. The molecule has 2 aromatic rings. The van der Waals surface area contributed by atoms with E-state index in [1.54, 1.807) is 24.1 Å². The summed E-state index contributed by atoms with van der Waals surface area (Å²) in [6, 6.07) is 6.28. The summed E-state index contributed by atoms with van der Waals surface area (Å²) in [5.41, 5.74) is 2.15. The van der Waals surface area contributed by atoms with Crippen molar-refractivity contribution < 1.29 is 14.8 Å². The zero-order chi connectivity index (χ0) is 15.6. The molecule has 0 spiro atoms. The molecule has 1 aromatic carbocycles. The first-order valence-corrected chi connectivity index (χ1v) is 6.37. The number of aryl methyl sites for hydroxylation is 1. The Morgan fingerprint density at radius 3 is 2.76 bits per heavy atom. The molecule has 1 aromatic heterocycles. The highest BCUT2D eigenvalue weighted by Gasteiger charge is 2.13. The monoisotopic (exact) mass is 289 g/mol. The zero-order valence-corrected chi connectivity index (χ0v) is 11.7. The summed E-state index contributed by atoms with van der Waals surface area (Å²) in [6.45, 7) is 2.14. The number of hydrogen-bond donors (Lipinski definition) is 1. The summed E-state index contributed by atoms with van der Waals surface area (Å²) in [7, 11) is 1.76. The van der Waals surface area contributed by atoms with Crippen LogP contribution < -0.4 is 4.90 Å². The molecule has 2 rings (SSSR count). The third kappa shape index (κ3) is 3.25. The van der Waals surface area contributed by atoms with Crippen molar-refractivity contribution in [3.63, 3.8) is 0 Å². The third-order valence-electron chi connectivity index (χ3n) is 3.18. The predicted octanol–water partition coefficient (Wildman–Crippen LogP) is 2.36. The van der Waals surface area contributed by atoms with Crippen molar-refractivity contribution in [1.29, 1.82) is 0 Å². The summed E-state index contributed by atoms with van der Waals surface area (Å²) < 4.78 is 0. The Morgan fingerprint density at radius 2 is 2.14 bits per heavy atom. The van der Waals surface area contributed by atoms with Gasteiger partial charge in [0, 0.05) is 42.5 Å². The second-order valence-corrected chi connectivity index (χ2v) is 4.81. The summed E-state index contributed by atoms with van der Waals surface area (Å²) in [6.07, 6.45) is -0.00566. The molecule has 0 fully saturated rings. The van der Waals surface area contributed by atoms with Gasteiger partial charge in [0.2, 0.25) is 0 Å². The van der Waals surface area contributed by atoms with Crippen molar-refractivity contribution in [1.82, 2.24) is 4.98 Å². The van der Waals surface area contributed by atoms with E-state index in [9.17, 15) is 14.9 Å².